The highest BCUT2D eigenvalue weighted by atomic mass is 79.9. The first kappa shape index (κ1) is 17.2. The van der Waals surface area contributed by atoms with Crippen molar-refractivity contribution in [2.45, 2.75) is 41.2 Å². The van der Waals surface area contributed by atoms with E-state index in [4.69, 9.17) is 4.74 Å². The van der Waals surface area contributed by atoms with Gasteiger partial charge in [-0.1, -0.05) is 53.2 Å². The lowest BCUT2D eigenvalue weighted by molar-refractivity contribution is -0.146. The second-order valence-corrected chi connectivity index (χ2v) is 9.09. The van der Waals surface area contributed by atoms with Gasteiger partial charge < -0.3 is 4.74 Å². The third kappa shape index (κ3) is 4.67. The normalized spacial score (nSPS) is 29.9. The number of thioether (sulfide) groups is 2. The van der Waals surface area contributed by atoms with Crippen molar-refractivity contribution in [3.63, 3.8) is 0 Å². The van der Waals surface area contributed by atoms with Crippen LogP contribution in [0.3, 0.4) is 0 Å². The lowest BCUT2D eigenvalue weighted by atomic mass is 9.99. The van der Waals surface area contributed by atoms with Crippen LogP contribution in [0.5, 0.6) is 0 Å². The summed E-state index contributed by atoms with van der Waals surface area (Å²) in [7, 11) is 0. The van der Waals surface area contributed by atoms with Crippen LogP contribution in [-0.4, -0.2) is 32.5 Å². The average molecular weight is 389 g/mol. The van der Waals surface area contributed by atoms with Gasteiger partial charge in [0, 0.05) is 0 Å². The Balaban J connectivity index is 2.01. The van der Waals surface area contributed by atoms with Crippen LogP contribution in [0.4, 0.5) is 0 Å². The summed E-state index contributed by atoms with van der Waals surface area (Å²) in [6.07, 6.45) is 14.3. The third-order valence-electron chi connectivity index (χ3n) is 3.32. The molecule has 1 aliphatic heterocycles. The summed E-state index contributed by atoms with van der Waals surface area (Å²) in [5.74, 6) is 2.17. The van der Waals surface area contributed by atoms with Crippen molar-refractivity contribution in [2.24, 2.45) is 0 Å². The number of hydrogen-bond donors (Lipinski definition) is 0. The van der Waals surface area contributed by atoms with Crippen LogP contribution in [0, 0.1) is 0 Å². The van der Waals surface area contributed by atoms with Crippen molar-refractivity contribution in [1.82, 2.24) is 0 Å². The third-order valence-corrected chi connectivity index (χ3v) is 8.35. The van der Waals surface area contributed by atoms with Gasteiger partial charge in [-0.05, 0) is 30.4 Å². The van der Waals surface area contributed by atoms with Crippen molar-refractivity contribution in [2.75, 3.05) is 11.5 Å². The first-order valence-corrected chi connectivity index (χ1v) is 10.2. The minimum Gasteiger partial charge on any atom is -0.456 e. The topological polar surface area (TPSA) is 26.3 Å². The molecule has 0 saturated carbocycles. The van der Waals surface area contributed by atoms with Gasteiger partial charge >= 0.3 is 5.97 Å². The zero-order valence-electron chi connectivity index (χ0n) is 12.2. The largest absolute Gasteiger partial charge is 0.456 e. The van der Waals surface area contributed by atoms with Gasteiger partial charge in [0.05, 0.1) is 11.0 Å². The van der Waals surface area contributed by atoms with Crippen molar-refractivity contribution < 1.29 is 9.53 Å². The van der Waals surface area contributed by atoms with E-state index in [1.807, 2.05) is 53.9 Å². The summed E-state index contributed by atoms with van der Waals surface area (Å²) in [6, 6.07) is 0. The van der Waals surface area contributed by atoms with E-state index < -0.39 is 0 Å². The van der Waals surface area contributed by atoms with Gasteiger partial charge in [0.1, 0.15) is 10.4 Å². The molecule has 1 heterocycles. The molecule has 0 aromatic heterocycles. The average Bonchev–Trinajstić information content (AvgIpc) is 2.51. The lowest BCUT2D eigenvalue weighted by Gasteiger charge is -2.40. The molecule has 0 aromatic carbocycles. The van der Waals surface area contributed by atoms with E-state index in [-0.39, 0.29) is 16.4 Å². The number of allylic oxidation sites excluding steroid dienone is 3. The molecular weight excluding hydrogens is 368 g/mol. The van der Waals surface area contributed by atoms with E-state index in [0.29, 0.717) is 11.0 Å². The number of carbonyl (C=O) groups excluding carboxylic acids is 1. The Morgan fingerprint density at radius 1 is 1.38 bits per heavy atom. The van der Waals surface area contributed by atoms with Gasteiger partial charge in [0.25, 0.3) is 0 Å². The molecule has 1 fully saturated rings. The van der Waals surface area contributed by atoms with Crippen molar-refractivity contribution in [1.29, 1.82) is 0 Å². The van der Waals surface area contributed by atoms with Crippen LogP contribution in [0.25, 0.3) is 0 Å². The molecule has 5 heteroatoms. The van der Waals surface area contributed by atoms with Crippen LogP contribution < -0.4 is 0 Å². The van der Waals surface area contributed by atoms with E-state index in [9.17, 15) is 4.79 Å². The highest BCUT2D eigenvalue weighted by Crippen LogP contribution is 2.47. The van der Waals surface area contributed by atoms with Gasteiger partial charge in [0.15, 0.2) is 0 Å². The molecule has 2 unspecified atom stereocenters. The lowest BCUT2D eigenvalue weighted by Crippen LogP contribution is -2.45. The summed E-state index contributed by atoms with van der Waals surface area (Å²) >= 11 is 7.75. The standard InChI is InChI=1S/C16H21BrO2S2/c1-2-3-4-9-14(18)19-13-8-5-6-10-16(13,17)15-20-11-7-12-21-15/h3-6,8,10,13,15H,2,7,9,11-12H2,1H3/b4-3-. The number of esters is 1. The molecule has 0 N–H and O–H groups in total. The molecule has 2 aliphatic rings. The number of alkyl halides is 1. The Hall–Kier alpha value is -0.130. The van der Waals surface area contributed by atoms with Crippen LogP contribution in [0.2, 0.25) is 0 Å². The molecule has 116 valence electrons. The number of carbonyl (C=O) groups is 1. The first-order chi connectivity index (χ1) is 10.2. The van der Waals surface area contributed by atoms with E-state index in [0.717, 1.165) is 6.42 Å². The van der Waals surface area contributed by atoms with E-state index in [1.165, 1.54) is 17.9 Å². The molecule has 21 heavy (non-hydrogen) atoms. The summed E-state index contributed by atoms with van der Waals surface area (Å²) < 4.78 is 5.77. The summed E-state index contributed by atoms with van der Waals surface area (Å²) in [5.41, 5.74) is 0. The molecule has 0 spiro atoms. The van der Waals surface area contributed by atoms with E-state index >= 15 is 0 Å². The maximum Gasteiger partial charge on any atom is 0.310 e. The van der Waals surface area contributed by atoms with Gasteiger partial charge in [-0.15, -0.1) is 23.5 Å². The number of halogens is 1. The van der Waals surface area contributed by atoms with Crippen LogP contribution in [0.1, 0.15) is 26.2 Å². The molecule has 0 amide bonds. The van der Waals surface area contributed by atoms with E-state index in [2.05, 4.69) is 28.9 Å². The van der Waals surface area contributed by atoms with Crippen LogP contribution in [0.15, 0.2) is 36.5 Å². The fraction of sp³-hybridized carbons (Fsp3) is 0.562. The predicted octanol–water partition coefficient (Wildman–Crippen LogP) is 4.71. The van der Waals surface area contributed by atoms with Crippen LogP contribution in [-0.2, 0) is 9.53 Å². The number of rotatable bonds is 5. The highest BCUT2D eigenvalue weighted by Gasteiger charge is 2.44. The zero-order valence-corrected chi connectivity index (χ0v) is 15.4. The van der Waals surface area contributed by atoms with Gasteiger partial charge in [-0.25, -0.2) is 0 Å². The SMILES string of the molecule is CC/C=C\CC(=O)OC1C=CC=CC1(Br)C1SCCCS1. The second kappa shape index (κ2) is 8.49. The quantitative estimate of drug-likeness (QED) is 0.387. The summed E-state index contributed by atoms with van der Waals surface area (Å²) in [6.45, 7) is 2.05. The first-order valence-electron chi connectivity index (χ1n) is 7.29. The van der Waals surface area contributed by atoms with Crippen molar-refractivity contribution in [3.8, 4) is 0 Å². The van der Waals surface area contributed by atoms with E-state index in [1.54, 1.807) is 0 Å². The minimum atomic E-state index is -0.304. The van der Waals surface area contributed by atoms with Gasteiger partial charge in [-0.3, -0.25) is 4.79 Å². The summed E-state index contributed by atoms with van der Waals surface area (Å²) in [4.78, 5) is 12.0. The molecule has 0 aromatic rings. The molecule has 2 atom stereocenters. The Bertz CT molecular complexity index is 442. The smallest absolute Gasteiger partial charge is 0.310 e. The molecule has 1 saturated heterocycles. The fourth-order valence-electron chi connectivity index (χ4n) is 2.23. The molecule has 0 radical (unpaired) electrons. The maximum atomic E-state index is 12.0. The number of ether oxygens (including phenoxy) is 1. The fourth-order valence-corrected chi connectivity index (χ4v) is 6.55. The maximum absolute atomic E-state index is 12.0. The number of hydrogen-bond acceptors (Lipinski definition) is 4. The second-order valence-electron chi connectivity index (χ2n) is 4.99. The van der Waals surface area contributed by atoms with Crippen molar-refractivity contribution in [3.05, 3.63) is 36.5 Å². The summed E-state index contributed by atoms with van der Waals surface area (Å²) in [5, 5.41) is 0. The predicted molar refractivity (Wildman–Crippen MR) is 97.2 cm³/mol. The Morgan fingerprint density at radius 2 is 2.14 bits per heavy atom. The van der Waals surface area contributed by atoms with Gasteiger partial charge in [0.2, 0.25) is 0 Å². The Labute approximate surface area is 144 Å². The molecule has 2 nitrogen and oxygen atoms in total. The Kier molecular flexibility index (Phi) is 6.96. The van der Waals surface area contributed by atoms with Gasteiger partial charge in [-0.2, -0.15) is 0 Å². The van der Waals surface area contributed by atoms with Crippen molar-refractivity contribution >= 4 is 45.4 Å². The molecular formula is C16H21BrO2S2. The molecule has 1 aliphatic carbocycles. The minimum absolute atomic E-state index is 0.167. The Morgan fingerprint density at radius 3 is 2.86 bits per heavy atom. The van der Waals surface area contributed by atoms with Crippen LogP contribution >= 0.6 is 39.5 Å². The highest BCUT2D eigenvalue weighted by molar-refractivity contribution is 9.10. The monoisotopic (exact) mass is 388 g/mol. The zero-order chi connectivity index (χ0) is 15.1. The molecule has 0 bridgehead atoms. The molecule has 2 rings (SSSR count).